The highest BCUT2D eigenvalue weighted by atomic mass is 19.4. The van der Waals surface area contributed by atoms with Gasteiger partial charge in [-0.15, -0.1) is 0 Å². The quantitative estimate of drug-likeness (QED) is 0.218. The number of pyridine rings is 1. The first kappa shape index (κ1) is 25.9. The van der Waals surface area contributed by atoms with E-state index in [1.165, 1.54) is 13.0 Å². The molecular weight excluding hydrogens is 495 g/mol. The number of fused-ring (bicyclic) bond motifs is 1. The third-order valence-corrected chi connectivity index (χ3v) is 5.79. The maximum Gasteiger partial charge on any atom is 0.417 e. The van der Waals surface area contributed by atoms with Crippen LogP contribution in [0.5, 0.6) is 11.5 Å². The number of urea groups is 1. The summed E-state index contributed by atoms with van der Waals surface area (Å²) in [6.07, 6.45) is -5.23. The van der Waals surface area contributed by atoms with E-state index < -0.39 is 37.0 Å². The van der Waals surface area contributed by atoms with Gasteiger partial charge in [0.2, 0.25) is 6.43 Å². The minimum absolute atomic E-state index is 0.0736. The molecule has 0 aliphatic carbocycles. The lowest BCUT2D eigenvalue weighted by atomic mass is 9.96. The van der Waals surface area contributed by atoms with Crippen LogP contribution in [0.4, 0.5) is 38.1 Å². The van der Waals surface area contributed by atoms with Crippen molar-refractivity contribution in [1.82, 2.24) is 9.97 Å². The van der Waals surface area contributed by atoms with E-state index >= 15 is 0 Å². The molecule has 3 N–H and O–H groups in total. The van der Waals surface area contributed by atoms with Crippen LogP contribution in [-0.4, -0.2) is 22.4 Å². The molecule has 2 heterocycles. The average Bonchev–Trinajstić information content (AvgIpc) is 3.30. The Kier molecular flexibility index (Phi) is 7.33. The minimum Gasteiger partial charge on any atom is -0.456 e. The summed E-state index contributed by atoms with van der Waals surface area (Å²) in [4.78, 5) is 19.8. The molecule has 0 spiro atoms. The number of anilines is 2. The van der Waals surface area contributed by atoms with Crippen LogP contribution in [0.25, 0.3) is 11.0 Å². The highest BCUT2D eigenvalue weighted by Crippen LogP contribution is 2.38. The monoisotopic (exact) mass is 518 g/mol. The summed E-state index contributed by atoms with van der Waals surface area (Å²) >= 11 is 0. The van der Waals surface area contributed by atoms with Crippen molar-refractivity contribution >= 4 is 28.4 Å². The molecule has 0 aliphatic rings. The van der Waals surface area contributed by atoms with Crippen LogP contribution >= 0.6 is 0 Å². The first-order valence-electron chi connectivity index (χ1n) is 11.3. The second-order valence-corrected chi connectivity index (χ2v) is 8.41. The van der Waals surface area contributed by atoms with E-state index in [-0.39, 0.29) is 16.8 Å². The summed E-state index contributed by atoms with van der Waals surface area (Å²) in [5.41, 5.74) is 0.197. The number of benzene rings is 2. The molecule has 0 aliphatic heterocycles. The van der Waals surface area contributed by atoms with Crippen molar-refractivity contribution in [2.24, 2.45) is 0 Å². The zero-order valence-corrected chi connectivity index (χ0v) is 19.8. The molecule has 0 fully saturated rings. The van der Waals surface area contributed by atoms with Gasteiger partial charge in [0.15, 0.2) is 0 Å². The largest absolute Gasteiger partial charge is 0.456 e. The third kappa shape index (κ3) is 5.99. The van der Waals surface area contributed by atoms with Crippen molar-refractivity contribution < 1.29 is 31.5 Å². The summed E-state index contributed by atoms with van der Waals surface area (Å²) < 4.78 is 72.1. The van der Waals surface area contributed by atoms with Gasteiger partial charge in [-0.2, -0.15) is 13.2 Å². The lowest BCUT2D eigenvalue weighted by Crippen LogP contribution is -2.21. The minimum atomic E-state index is -4.76. The number of H-pyrrole nitrogens is 1. The van der Waals surface area contributed by atoms with Crippen LogP contribution in [0, 0.1) is 13.8 Å². The number of carbonyl (C=O) groups excluding carboxylic acids is 1. The number of ether oxygens (including phenoxy) is 1. The normalized spacial score (nSPS) is 11.7. The summed E-state index contributed by atoms with van der Waals surface area (Å²) in [6.45, 7) is 2.98. The highest BCUT2D eigenvalue weighted by molar-refractivity contribution is 6.00. The molecule has 4 aromatic rings. The van der Waals surface area contributed by atoms with Gasteiger partial charge in [0.05, 0.1) is 10.9 Å². The van der Waals surface area contributed by atoms with Crippen molar-refractivity contribution in [2.45, 2.75) is 39.3 Å². The van der Waals surface area contributed by atoms with Crippen LogP contribution in [-0.2, 0) is 12.6 Å². The van der Waals surface area contributed by atoms with Gasteiger partial charge in [-0.3, -0.25) is 0 Å². The second-order valence-electron chi connectivity index (χ2n) is 8.41. The molecule has 2 aromatic heterocycles. The molecule has 0 unspecified atom stereocenters. The van der Waals surface area contributed by atoms with E-state index in [0.29, 0.717) is 28.4 Å². The van der Waals surface area contributed by atoms with Crippen LogP contribution in [0.15, 0.2) is 54.9 Å². The summed E-state index contributed by atoms with van der Waals surface area (Å²) in [7, 11) is 0. The summed E-state index contributed by atoms with van der Waals surface area (Å²) in [5.74, 6) is 1.14. The summed E-state index contributed by atoms with van der Waals surface area (Å²) in [5, 5.41) is 5.80. The van der Waals surface area contributed by atoms with Crippen LogP contribution in [0.3, 0.4) is 0 Å². The standard InChI is InChI=1S/C26H23F5N4O2/c1-14-13-17(5-7-20(14)37-21-10-12-33-24-18(21)9-11-32-24)34-25(36)35-19-6-3-16(4-8-22(27)28)23(15(19)2)26(29,30)31/h3,5-7,9-13,22H,4,8H2,1-2H3,(H,32,33)(H2,34,35,36). The predicted molar refractivity (Wildman–Crippen MR) is 130 cm³/mol. The highest BCUT2D eigenvalue weighted by Gasteiger charge is 2.36. The van der Waals surface area contributed by atoms with E-state index in [1.54, 1.807) is 43.6 Å². The predicted octanol–water partition coefficient (Wildman–Crippen LogP) is 7.83. The zero-order chi connectivity index (χ0) is 26.7. The Morgan fingerprint density at radius 2 is 1.84 bits per heavy atom. The van der Waals surface area contributed by atoms with Crippen LogP contribution in [0.2, 0.25) is 0 Å². The van der Waals surface area contributed by atoms with E-state index in [0.717, 1.165) is 11.5 Å². The number of aromatic nitrogens is 2. The number of nitrogens with one attached hydrogen (secondary N) is 3. The van der Waals surface area contributed by atoms with Gasteiger partial charge in [0.1, 0.15) is 17.1 Å². The first-order valence-corrected chi connectivity index (χ1v) is 11.3. The lowest BCUT2D eigenvalue weighted by Gasteiger charge is -2.19. The van der Waals surface area contributed by atoms with Gasteiger partial charge in [0, 0.05) is 30.2 Å². The van der Waals surface area contributed by atoms with Crippen molar-refractivity contribution in [3.63, 3.8) is 0 Å². The molecular formula is C26H23F5N4O2. The molecule has 11 heteroatoms. The van der Waals surface area contributed by atoms with Gasteiger partial charge in [-0.25, -0.2) is 18.6 Å². The van der Waals surface area contributed by atoms with Gasteiger partial charge in [-0.1, -0.05) is 6.07 Å². The number of amides is 2. The average molecular weight is 518 g/mol. The molecule has 2 aromatic carbocycles. The third-order valence-electron chi connectivity index (χ3n) is 5.79. The van der Waals surface area contributed by atoms with E-state index in [2.05, 4.69) is 20.6 Å². The molecule has 0 radical (unpaired) electrons. The van der Waals surface area contributed by atoms with Crippen LogP contribution in [0.1, 0.15) is 28.7 Å². The number of hydrogen-bond acceptors (Lipinski definition) is 3. The van der Waals surface area contributed by atoms with Crippen LogP contribution < -0.4 is 15.4 Å². The number of halogens is 5. The Morgan fingerprint density at radius 1 is 1.05 bits per heavy atom. The van der Waals surface area contributed by atoms with Gasteiger partial charge in [0.25, 0.3) is 0 Å². The molecule has 194 valence electrons. The fourth-order valence-corrected chi connectivity index (χ4v) is 4.04. The zero-order valence-electron chi connectivity index (χ0n) is 19.8. The lowest BCUT2D eigenvalue weighted by molar-refractivity contribution is -0.138. The van der Waals surface area contributed by atoms with Crippen molar-refractivity contribution in [1.29, 1.82) is 0 Å². The number of aryl methyl sites for hydroxylation is 2. The number of carbonyl (C=O) groups is 1. The van der Waals surface area contributed by atoms with E-state index in [4.69, 9.17) is 4.74 Å². The van der Waals surface area contributed by atoms with E-state index in [9.17, 15) is 26.7 Å². The Morgan fingerprint density at radius 3 is 2.54 bits per heavy atom. The molecule has 0 saturated heterocycles. The molecule has 4 rings (SSSR count). The number of alkyl halides is 5. The molecule has 0 saturated carbocycles. The molecule has 6 nitrogen and oxygen atoms in total. The number of aromatic amines is 1. The first-order chi connectivity index (χ1) is 17.5. The fraction of sp³-hybridized carbons (Fsp3) is 0.231. The maximum atomic E-state index is 13.7. The topological polar surface area (TPSA) is 79.0 Å². The summed E-state index contributed by atoms with van der Waals surface area (Å²) in [6, 6.07) is 10.1. The molecule has 2 amide bonds. The van der Waals surface area contributed by atoms with Gasteiger partial charge in [-0.05, 0) is 73.4 Å². The van der Waals surface area contributed by atoms with Crippen molar-refractivity contribution in [3.8, 4) is 11.5 Å². The second kappa shape index (κ2) is 10.5. The van der Waals surface area contributed by atoms with E-state index in [1.807, 2.05) is 6.07 Å². The Bertz CT molecular complexity index is 1430. The van der Waals surface area contributed by atoms with Crippen molar-refractivity contribution in [3.05, 3.63) is 77.1 Å². The molecule has 0 bridgehead atoms. The number of hydrogen-bond donors (Lipinski definition) is 3. The Hall–Kier alpha value is -4.15. The fourth-order valence-electron chi connectivity index (χ4n) is 4.04. The smallest absolute Gasteiger partial charge is 0.417 e. The number of rotatable bonds is 7. The number of nitrogens with zero attached hydrogens (tertiary/aromatic N) is 1. The molecule has 37 heavy (non-hydrogen) atoms. The SMILES string of the molecule is Cc1cc(NC(=O)Nc2ccc(CCC(F)F)c(C(F)(F)F)c2C)ccc1Oc1ccnc2[nH]ccc12. The molecule has 0 atom stereocenters. The van der Waals surface area contributed by atoms with Gasteiger partial charge >= 0.3 is 12.2 Å². The van der Waals surface area contributed by atoms with Gasteiger partial charge < -0.3 is 20.4 Å². The van der Waals surface area contributed by atoms with Crippen molar-refractivity contribution in [2.75, 3.05) is 10.6 Å². The Labute approximate surface area is 208 Å². The maximum absolute atomic E-state index is 13.7. The Balaban J connectivity index is 1.48.